The predicted molar refractivity (Wildman–Crippen MR) is 91.5 cm³/mol. The third kappa shape index (κ3) is 4.25. The predicted octanol–water partition coefficient (Wildman–Crippen LogP) is -0.126. The SMILES string of the molecule is COc1nc(OC)nc(N(C(N)=NN)S(=O)(=O)c2ccccc2OC(F)F)n1. The van der Waals surface area contributed by atoms with Crippen molar-refractivity contribution in [2.75, 3.05) is 18.5 Å². The van der Waals surface area contributed by atoms with E-state index in [-0.39, 0.29) is 12.0 Å². The van der Waals surface area contributed by atoms with Crippen molar-refractivity contribution < 1.29 is 31.4 Å². The summed E-state index contributed by atoms with van der Waals surface area (Å²) in [4.78, 5) is 10.6. The first kappa shape index (κ1) is 20.8. The molecule has 0 fully saturated rings. The van der Waals surface area contributed by atoms with Gasteiger partial charge in [0.2, 0.25) is 5.96 Å². The zero-order chi connectivity index (χ0) is 20.9. The first-order valence-electron chi connectivity index (χ1n) is 7.21. The van der Waals surface area contributed by atoms with Crippen LogP contribution >= 0.6 is 0 Å². The molecule has 1 heterocycles. The number of alkyl halides is 2. The fourth-order valence-corrected chi connectivity index (χ4v) is 3.35. The van der Waals surface area contributed by atoms with Crippen molar-refractivity contribution in [3.05, 3.63) is 24.3 Å². The number of hydrogen-bond donors (Lipinski definition) is 2. The van der Waals surface area contributed by atoms with E-state index in [0.29, 0.717) is 4.31 Å². The van der Waals surface area contributed by atoms with E-state index in [2.05, 4.69) is 24.8 Å². The minimum atomic E-state index is -4.72. The molecule has 1 aromatic carbocycles. The molecule has 15 heteroatoms. The molecule has 1 aromatic heterocycles. The van der Waals surface area contributed by atoms with E-state index in [4.69, 9.17) is 21.1 Å². The first-order chi connectivity index (χ1) is 13.2. The molecule has 0 bridgehead atoms. The number of hydrogen-bond acceptors (Lipinski definition) is 10. The molecular weight excluding hydrogens is 404 g/mol. The van der Waals surface area contributed by atoms with Gasteiger partial charge in [0.05, 0.1) is 14.2 Å². The van der Waals surface area contributed by atoms with Crippen LogP contribution in [0.15, 0.2) is 34.3 Å². The molecule has 4 N–H and O–H groups in total. The average Bonchev–Trinajstić information content (AvgIpc) is 2.67. The van der Waals surface area contributed by atoms with Gasteiger partial charge in [-0.3, -0.25) is 0 Å². The van der Waals surface area contributed by atoms with Gasteiger partial charge in [-0.1, -0.05) is 12.1 Å². The van der Waals surface area contributed by atoms with Gasteiger partial charge in [0.15, 0.2) is 0 Å². The first-order valence-corrected chi connectivity index (χ1v) is 8.65. The van der Waals surface area contributed by atoms with Crippen LogP contribution in [0.3, 0.4) is 0 Å². The lowest BCUT2D eigenvalue weighted by Gasteiger charge is -2.22. The van der Waals surface area contributed by atoms with Gasteiger partial charge in [-0.2, -0.15) is 23.1 Å². The zero-order valence-electron chi connectivity index (χ0n) is 14.5. The Morgan fingerprint density at radius 2 is 1.71 bits per heavy atom. The fraction of sp³-hybridized carbons (Fsp3) is 0.231. The van der Waals surface area contributed by atoms with Crippen LogP contribution in [0.2, 0.25) is 0 Å². The Bertz CT molecular complexity index is 951. The summed E-state index contributed by atoms with van der Waals surface area (Å²) in [6.07, 6.45) is 0. The smallest absolute Gasteiger partial charge is 0.387 e. The Morgan fingerprint density at radius 3 is 2.21 bits per heavy atom. The molecule has 2 aromatic rings. The molecule has 0 saturated carbocycles. The number of hydrazone groups is 1. The molecule has 152 valence electrons. The fourth-order valence-electron chi connectivity index (χ4n) is 1.94. The van der Waals surface area contributed by atoms with Crippen molar-refractivity contribution in [2.45, 2.75) is 11.5 Å². The molecule has 0 radical (unpaired) electrons. The molecule has 0 aliphatic carbocycles. The Kier molecular flexibility index (Phi) is 6.29. The molecule has 0 saturated heterocycles. The van der Waals surface area contributed by atoms with Gasteiger partial charge in [-0.25, -0.2) is 8.42 Å². The number of ether oxygens (including phenoxy) is 3. The van der Waals surface area contributed by atoms with E-state index in [0.717, 1.165) is 12.1 Å². The highest BCUT2D eigenvalue weighted by Crippen LogP contribution is 2.30. The van der Waals surface area contributed by atoms with Crippen molar-refractivity contribution in [1.82, 2.24) is 15.0 Å². The average molecular weight is 419 g/mol. The second-order valence-corrected chi connectivity index (χ2v) is 6.45. The summed E-state index contributed by atoms with van der Waals surface area (Å²) < 4.78 is 65.9. The largest absolute Gasteiger partial charge is 0.467 e. The Morgan fingerprint density at radius 1 is 1.14 bits per heavy atom. The van der Waals surface area contributed by atoms with Gasteiger partial charge in [0.1, 0.15) is 10.6 Å². The standard InChI is InChI=1S/C13H15F2N7O5S/c1-25-12-18-11(19-13(20-12)26-2)22(10(16)21-17)28(23,24)8-6-4-3-5-7(8)27-9(14)15/h3-6,9H,17H2,1-2H3,(H2,16,21). The molecule has 0 aliphatic heterocycles. The number of rotatable bonds is 7. The quantitative estimate of drug-likeness (QED) is 0.267. The topological polar surface area (TPSA) is 168 Å². The highest BCUT2D eigenvalue weighted by Gasteiger charge is 2.34. The monoisotopic (exact) mass is 419 g/mol. The molecule has 0 unspecified atom stereocenters. The minimum Gasteiger partial charge on any atom is -0.467 e. The lowest BCUT2D eigenvalue weighted by Crippen LogP contribution is -2.44. The number of nitrogens with two attached hydrogens (primary N) is 2. The van der Waals surface area contributed by atoms with Gasteiger partial charge in [0, 0.05) is 0 Å². The van der Waals surface area contributed by atoms with Gasteiger partial charge in [0.25, 0.3) is 16.0 Å². The summed E-state index contributed by atoms with van der Waals surface area (Å²) in [7, 11) is -2.29. The molecule has 12 nitrogen and oxygen atoms in total. The van der Waals surface area contributed by atoms with E-state index >= 15 is 0 Å². The van der Waals surface area contributed by atoms with Crippen LogP contribution in [0.25, 0.3) is 0 Å². The van der Waals surface area contributed by atoms with Crippen molar-refractivity contribution in [2.24, 2.45) is 16.7 Å². The zero-order valence-corrected chi connectivity index (χ0v) is 15.3. The van der Waals surface area contributed by atoms with Crippen LogP contribution in [0.5, 0.6) is 17.8 Å². The van der Waals surface area contributed by atoms with Gasteiger partial charge >= 0.3 is 18.6 Å². The number of methoxy groups -OCH3 is 2. The summed E-state index contributed by atoms with van der Waals surface area (Å²) in [5, 5.41) is 3.13. The van der Waals surface area contributed by atoms with E-state index < -0.39 is 39.2 Å². The number of guanidine groups is 1. The molecule has 2 rings (SSSR count). The second-order valence-electron chi connectivity index (χ2n) is 4.69. The number of aromatic nitrogens is 3. The van der Waals surface area contributed by atoms with Crippen LogP contribution in [0.4, 0.5) is 14.7 Å². The molecule has 0 amide bonds. The summed E-state index contributed by atoms with van der Waals surface area (Å²) in [6.45, 7) is -3.28. The summed E-state index contributed by atoms with van der Waals surface area (Å²) in [5.74, 6) is 3.09. The van der Waals surface area contributed by atoms with Crippen LogP contribution in [-0.2, 0) is 10.0 Å². The normalized spacial score (nSPS) is 12.0. The van der Waals surface area contributed by atoms with Crippen molar-refractivity contribution >= 4 is 21.9 Å². The van der Waals surface area contributed by atoms with Crippen molar-refractivity contribution in [1.29, 1.82) is 0 Å². The third-order valence-electron chi connectivity index (χ3n) is 3.05. The maximum Gasteiger partial charge on any atom is 0.387 e. The Hall–Kier alpha value is -3.49. The van der Waals surface area contributed by atoms with Crippen LogP contribution in [0.1, 0.15) is 0 Å². The highest BCUT2D eigenvalue weighted by molar-refractivity contribution is 7.93. The van der Waals surface area contributed by atoms with Crippen LogP contribution in [0, 0.1) is 0 Å². The molecule has 0 spiro atoms. The maximum absolute atomic E-state index is 13.1. The number of halogens is 2. The maximum atomic E-state index is 13.1. The molecule has 28 heavy (non-hydrogen) atoms. The number of benzene rings is 1. The van der Waals surface area contributed by atoms with Crippen molar-refractivity contribution in [3.63, 3.8) is 0 Å². The summed E-state index contributed by atoms with van der Waals surface area (Å²) in [6, 6.07) is 4.00. The van der Waals surface area contributed by atoms with Crippen molar-refractivity contribution in [3.8, 4) is 17.8 Å². The van der Waals surface area contributed by atoms with E-state index in [1.54, 1.807) is 0 Å². The molecular formula is C13H15F2N7O5S. The van der Waals surface area contributed by atoms with Gasteiger partial charge < -0.3 is 25.8 Å². The van der Waals surface area contributed by atoms with Crippen LogP contribution < -0.4 is 30.1 Å². The Labute approximate surface area is 157 Å². The molecule has 0 aliphatic rings. The summed E-state index contributed by atoms with van der Waals surface area (Å²) in [5.41, 5.74) is 5.61. The number of anilines is 1. The lowest BCUT2D eigenvalue weighted by atomic mass is 10.3. The van der Waals surface area contributed by atoms with E-state index in [1.807, 2.05) is 0 Å². The number of sulfonamides is 1. The number of nitrogens with zero attached hydrogens (tertiary/aromatic N) is 5. The van der Waals surface area contributed by atoms with E-state index in [9.17, 15) is 17.2 Å². The van der Waals surface area contributed by atoms with Crippen LogP contribution in [-0.4, -0.2) is 50.2 Å². The summed E-state index contributed by atoms with van der Waals surface area (Å²) >= 11 is 0. The van der Waals surface area contributed by atoms with Gasteiger partial charge in [-0.15, -0.1) is 10.1 Å². The Balaban J connectivity index is 2.71. The minimum absolute atomic E-state index is 0.299. The molecule has 0 atom stereocenters. The number of para-hydroxylation sites is 1. The van der Waals surface area contributed by atoms with Gasteiger partial charge in [-0.05, 0) is 12.1 Å². The highest BCUT2D eigenvalue weighted by atomic mass is 32.2. The lowest BCUT2D eigenvalue weighted by molar-refractivity contribution is -0.0517. The second kappa shape index (κ2) is 8.47. The van der Waals surface area contributed by atoms with E-state index in [1.165, 1.54) is 26.4 Å². The third-order valence-corrected chi connectivity index (χ3v) is 4.78.